The van der Waals surface area contributed by atoms with Crippen molar-refractivity contribution in [3.8, 4) is 0 Å². The third kappa shape index (κ3) is 1.66. The van der Waals surface area contributed by atoms with Crippen molar-refractivity contribution in [2.24, 2.45) is 0 Å². The maximum absolute atomic E-state index is 5.59. The lowest BCUT2D eigenvalue weighted by molar-refractivity contribution is 0.0680. The fourth-order valence-electron chi connectivity index (χ4n) is 0.701. The van der Waals surface area contributed by atoms with E-state index in [9.17, 15) is 0 Å². The number of rotatable bonds is 0. The van der Waals surface area contributed by atoms with Crippen molar-refractivity contribution in [2.45, 2.75) is 24.8 Å². The molecular weight excluding hydrogens is 112 g/mol. The standard InChI is InChI=1S/C5H9ClO/c6-5-3-1-2-4-7-5/h5H,1-4H2/t5-/m0/s1. The molecule has 1 aliphatic rings. The van der Waals surface area contributed by atoms with E-state index in [-0.39, 0.29) is 5.56 Å². The second-order valence-corrected chi connectivity index (χ2v) is 2.26. The van der Waals surface area contributed by atoms with E-state index in [0.717, 1.165) is 13.0 Å². The summed E-state index contributed by atoms with van der Waals surface area (Å²) in [6, 6.07) is 0. The molecule has 2 heteroatoms. The van der Waals surface area contributed by atoms with Crippen LogP contribution in [0.1, 0.15) is 19.3 Å². The van der Waals surface area contributed by atoms with Gasteiger partial charge in [0.2, 0.25) is 0 Å². The van der Waals surface area contributed by atoms with Gasteiger partial charge in [0, 0.05) is 6.61 Å². The molecule has 0 radical (unpaired) electrons. The van der Waals surface area contributed by atoms with Gasteiger partial charge in [-0.3, -0.25) is 0 Å². The fraction of sp³-hybridized carbons (Fsp3) is 1.00. The highest BCUT2D eigenvalue weighted by molar-refractivity contribution is 6.19. The van der Waals surface area contributed by atoms with Gasteiger partial charge >= 0.3 is 0 Å². The molecule has 1 saturated heterocycles. The van der Waals surface area contributed by atoms with E-state index in [1.807, 2.05) is 0 Å². The first-order valence-electron chi connectivity index (χ1n) is 2.65. The van der Waals surface area contributed by atoms with Gasteiger partial charge in [-0.05, 0) is 19.3 Å². The molecule has 0 saturated carbocycles. The van der Waals surface area contributed by atoms with E-state index < -0.39 is 0 Å². The van der Waals surface area contributed by atoms with Crippen LogP contribution in [-0.2, 0) is 4.74 Å². The summed E-state index contributed by atoms with van der Waals surface area (Å²) in [6.45, 7) is 0.855. The average Bonchev–Trinajstić information content (AvgIpc) is 1.69. The van der Waals surface area contributed by atoms with Crippen LogP contribution in [0, 0.1) is 0 Å². The molecule has 0 unspecified atom stereocenters. The van der Waals surface area contributed by atoms with Gasteiger partial charge in [0.15, 0.2) is 0 Å². The Kier molecular flexibility index (Phi) is 1.95. The minimum Gasteiger partial charge on any atom is -0.362 e. The van der Waals surface area contributed by atoms with Crippen LogP contribution in [-0.4, -0.2) is 12.2 Å². The van der Waals surface area contributed by atoms with Gasteiger partial charge < -0.3 is 4.74 Å². The Bertz CT molecular complexity index is 50.0. The molecule has 1 fully saturated rings. The monoisotopic (exact) mass is 120 g/mol. The van der Waals surface area contributed by atoms with Crippen molar-refractivity contribution in [3.05, 3.63) is 0 Å². The molecule has 0 amide bonds. The lowest BCUT2D eigenvalue weighted by atomic mass is 10.2. The van der Waals surface area contributed by atoms with Crippen LogP contribution in [0.15, 0.2) is 0 Å². The Labute approximate surface area is 48.6 Å². The molecule has 1 atom stereocenters. The highest BCUT2D eigenvalue weighted by atomic mass is 35.5. The molecule has 0 N–H and O–H groups in total. The second-order valence-electron chi connectivity index (χ2n) is 1.78. The van der Waals surface area contributed by atoms with Crippen molar-refractivity contribution < 1.29 is 4.74 Å². The third-order valence-corrected chi connectivity index (χ3v) is 1.47. The van der Waals surface area contributed by atoms with Gasteiger partial charge in [-0.1, -0.05) is 11.6 Å². The van der Waals surface area contributed by atoms with Crippen LogP contribution in [0.3, 0.4) is 0 Å². The van der Waals surface area contributed by atoms with E-state index in [2.05, 4.69) is 0 Å². The fourth-order valence-corrected chi connectivity index (χ4v) is 0.945. The first kappa shape index (κ1) is 5.39. The molecule has 1 heterocycles. The normalized spacial score (nSPS) is 33.0. The zero-order valence-corrected chi connectivity index (χ0v) is 4.95. The van der Waals surface area contributed by atoms with Crippen LogP contribution >= 0.6 is 11.6 Å². The van der Waals surface area contributed by atoms with E-state index in [0.29, 0.717) is 0 Å². The predicted molar refractivity (Wildman–Crippen MR) is 29.4 cm³/mol. The van der Waals surface area contributed by atoms with Crippen molar-refractivity contribution in [1.29, 1.82) is 0 Å². The molecule has 0 bridgehead atoms. The Balaban J connectivity index is 2.12. The molecule has 0 spiro atoms. The van der Waals surface area contributed by atoms with E-state index in [4.69, 9.17) is 16.3 Å². The third-order valence-electron chi connectivity index (χ3n) is 1.12. The molecule has 1 aliphatic heterocycles. The topological polar surface area (TPSA) is 9.23 Å². The minimum atomic E-state index is 0.00810. The van der Waals surface area contributed by atoms with Gasteiger partial charge in [0.05, 0.1) is 0 Å². The first-order chi connectivity index (χ1) is 3.39. The lowest BCUT2D eigenvalue weighted by Crippen LogP contribution is -2.11. The number of hydrogen-bond donors (Lipinski definition) is 0. The zero-order valence-electron chi connectivity index (χ0n) is 4.19. The zero-order chi connectivity index (χ0) is 5.11. The molecule has 1 nitrogen and oxygen atoms in total. The molecular formula is C5H9ClO. The van der Waals surface area contributed by atoms with Crippen molar-refractivity contribution in [1.82, 2.24) is 0 Å². The summed E-state index contributed by atoms with van der Waals surface area (Å²) in [5.41, 5.74) is 0.00810. The maximum Gasteiger partial charge on any atom is 0.131 e. The van der Waals surface area contributed by atoms with Gasteiger partial charge in [0.1, 0.15) is 5.56 Å². The van der Waals surface area contributed by atoms with E-state index in [1.165, 1.54) is 12.8 Å². The summed E-state index contributed by atoms with van der Waals surface area (Å²) < 4.78 is 5.04. The molecule has 42 valence electrons. The van der Waals surface area contributed by atoms with Gasteiger partial charge in [-0.25, -0.2) is 0 Å². The number of alkyl halides is 1. The highest BCUT2D eigenvalue weighted by Gasteiger charge is 2.08. The van der Waals surface area contributed by atoms with E-state index in [1.54, 1.807) is 0 Å². The molecule has 0 aromatic carbocycles. The van der Waals surface area contributed by atoms with Crippen LogP contribution in [0.4, 0.5) is 0 Å². The van der Waals surface area contributed by atoms with E-state index >= 15 is 0 Å². The summed E-state index contributed by atoms with van der Waals surface area (Å²) in [5, 5.41) is 0. The lowest BCUT2D eigenvalue weighted by Gasteiger charge is -2.15. The van der Waals surface area contributed by atoms with Crippen molar-refractivity contribution in [2.75, 3.05) is 6.61 Å². The molecule has 7 heavy (non-hydrogen) atoms. The largest absolute Gasteiger partial charge is 0.362 e. The molecule has 1 rings (SSSR count). The van der Waals surface area contributed by atoms with Gasteiger partial charge in [-0.2, -0.15) is 0 Å². The number of ether oxygens (including phenoxy) is 1. The second kappa shape index (κ2) is 2.53. The Morgan fingerprint density at radius 1 is 1.43 bits per heavy atom. The summed E-state index contributed by atoms with van der Waals surface area (Å²) in [7, 11) is 0. The quantitative estimate of drug-likeness (QED) is 0.443. The summed E-state index contributed by atoms with van der Waals surface area (Å²) in [6.07, 6.45) is 3.44. The molecule has 0 aromatic heterocycles. The summed E-state index contributed by atoms with van der Waals surface area (Å²) in [5.74, 6) is 0. The van der Waals surface area contributed by atoms with Gasteiger partial charge in [-0.15, -0.1) is 0 Å². The van der Waals surface area contributed by atoms with Crippen LogP contribution < -0.4 is 0 Å². The van der Waals surface area contributed by atoms with Crippen LogP contribution in [0.2, 0.25) is 0 Å². The summed E-state index contributed by atoms with van der Waals surface area (Å²) in [4.78, 5) is 0. The highest BCUT2D eigenvalue weighted by Crippen LogP contribution is 2.14. The average molecular weight is 121 g/mol. The smallest absolute Gasteiger partial charge is 0.131 e. The Morgan fingerprint density at radius 3 is 2.57 bits per heavy atom. The van der Waals surface area contributed by atoms with Crippen LogP contribution in [0.5, 0.6) is 0 Å². The number of halogens is 1. The molecule has 0 aromatic rings. The number of hydrogen-bond acceptors (Lipinski definition) is 1. The van der Waals surface area contributed by atoms with Gasteiger partial charge in [0.25, 0.3) is 0 Å². The molecule has 0 aliphatic carbocycles. The van der Waals surface area contributed by atoms with Crippen molar-refractivity contribution >= 4 is 11.6 Å². The minimum absolute atomic E-state index is 0.00810. The first-order valence-corrected chi connectivity index (χ1v) is 3.09. The maximum atomic E-state index is 5.59. The van der Waals surface area contributed by atoms with Crippen LogP contribution in [0.25, 0.3) is 0 Å². The SMILES string of the molecule is Cl[C@@H]1CCCCO1. The Hall–Kier alpha value is 0.250. The summed E-state index contributed by atoms with van der Waals surface area (Å²) >= 11 is 5.59. The predicted octanol–water partition coefficient (Wildman–Crippen LogP) is 1.75. The van der Waals surface area contributed by atoms with Crippen molar-refractivity contribution in [3.63, 3.8) is 0 Å². The Morgan fingerprint density at radius 2 is 2.29 bits per heavy atom.